The molecule has 1 fully saturated rings. The lowest BCUT2D eigenvalue weighted by Crippen LogP contribution is -2.40. The van der Waals surface area contributed by atoms with Crippen LogP contribution in [0.5, 0.6) is 5.75 Å². The summed E-state index contributed by atoms with van der Waals surface area (Å²) in [4.78, 5) is 12.5. The van der Waals surface area contributed by atoms with Gasteiger partial charge in [0.1, 0.15) is 12.0 Å². The lowest BCUT2D eigenvalue weighted by Gasteiger charge is -2.38. The number of hydrogen-bond acceptors (Lipinski definition) is 3. The second-order valence-corrected chi connectivity index (χ2v) is 6.77. The van der Waals surface area contributed by atoms with E-state index in [9.17, 15) is 13.6 Å². The molecule has 1 heterocycles. The highest BCUT2D eigenvalue weighted by molar-refractivity contribution is 9.10. The van der Waals surface area contributed by atoms with E-state index in [0.29, 0.717) is 17.7 Å². The number of carbonyl (C=O) groups is 1. The number of fused-ring (bicyclic) bond motifs is 1. The minimum absolute atomic E-state index is 0.00988. The molecule has 0 saturated heterocycles. The molecule has 1 aliphatic heterocycles. The van der Waals surface area contributed by atoms with Crippen molar-refractivity contribution in [3.63, 3.8) is 0 Å². The average molecular weight is 374 g/mol. The average Bonchev–Trinajstić information content (AvgIpc) is 2.46. The topological polar surface area (TPSA) is 29.5 Å². The molecule has 3 rings (SSSR count). The molecular formula is C16H18BrF2NO2. The van der Waals surface area contributed by atoms with Gasteiger partial charge in [0.25, 0.3) is 0 Å². The molecule has 1 aromatic rings. The smallest absolute Gasteiger partial charge is 0.183 e. The first-order valence-corrected chi connectivity index (χ1v) is 8.40. The molecule has 22 heavy (non-hydrogen) atoms. The fourth-order valence-corrected chi connectivity index (χ4v) is 3.57. The number of rotatable bonds is 4. The van der Waals surface area contributed by atoms with E-state index in [-0.39, 0.29) is 28.9 Å². The van der Waals surface area contributed by atoms with Gasteiger partial charge in [-0.15, -0.1) is 0 Å². The lowest BCUT2D eigenvalue weighted by atomic mass is 9.93. The van der Waals surface area contributed by atoms with Crippen molar-refractivity contribution in [3.8, 4) is 5.75 Å². The van der Waals surface area contributed by atoms with E-state index in [4.69, 9.17) is 4.74 Å². The van der Waals surface area contributed by atoms with Gasteiger partial charge < -0.3 is 14.4 Å². The fraction of sp³-hybridized carbons (Fsp3) is 0.562. The van der Waals surface area contributed by atoms with Gasteiger partial charge in [-0.1, -0.05) is 0 Å². The third-order valence-electron chi connectivity index (χ3n) is 4.59. The van der Waals surface area contributed by atoms with Crippen LogP contribution in [0.4, 0.5) is 14.5 Å². The molecule has 0 spiro atoms. The molecule has 0 unspecified atom stereocenters. The van der Waals surface area contributed by atoms with Crippen molar-refractivity contribution < 1.29 is 18.3 Å². The Labute approximate surface area is 136 Å². The number of halogens is 3. The Morgan fingerprint density at radius 2 is 2.05 bits per heavy atom. The normalized spacial score (nSPS) is 21.3. The molecule has 6 heteroatoms. The first kappa shape index (κ1) is 15.7. The number of nitrogens with zero attached hydrogens (tertiary/aromatic N) is 1. The van der Waals surface area contributed by atoms with Crippen molar-refractivity contribution in [2.75, 3.05) is 11.4 Å². The number of carbonyl (C=O) groups excluding carboxylic acids is 1. The van der Waals surface area contributed by atoms with Gasteiger partial charge >= 0.3 is 0 Å². The van der Waals surface area contributed by atoms with E-state index in [1.54, 1.807) is 4.90 Å². The van der Waals surface area contributed by atoms with E-state index in [1.165, 1.54) is 0 Å². The Kier molecular flexibility index (Phi) is 4.39. The molecule has 120 valence electrons. The molecule has 1 atom stereocenters. The zero-order chi connectivity index (χ0) is 15.9. The van der Waals surface area contributed by atoms with Gasteiger partial charge in [0.2, 0.25) is 0 Å². The highest BCUT2D eigenvalue weighted by Crippen LogP contribution is 2.46. The van der Waals surface area contributed by atoms with Gasteiger partial charge in [0, 0.05) is 11.6 Å². The van der Waals surface area contributed by atoms with Gasteiger partial charge in [-0.2, -0.15) is 0 Å². The molecule has 3 nitrogen and oxygen atoms in total. The monoisotopic (exact) mass is 373 g/mol. The van der Waals surface area contributed by atoms with Crippen LogP contribution in [0.25, 0.3) is 0 Å². The summed E-state index contributed by atoms with van der Waals surface area (Å²) in [6, 6.07) is -0.00988. The van der Waals surface area contributed by atoms with E-state index in [1.807, 2.05) is 6.92 Å². The molecule has 0 radical (unpaired) electrons. The van der Waals surface area contributed by atoms with Crippen molar-refractivity contribution in [1.82, 2.24) is 0 Å². The van der Waals surface area contributed by atoms with Crippen molar-refractivity contribution in [1.29, 1.82) is 0 Å². The Bertz CT molecular complexity index is 605. The minimum Gasteiger partial charge on any atom is -0.489 e. The van der Waals surface area contributed by atoms with Crippen LogP contribution in [0.15, 0.2) is 4.47 Å². The number of ether oxygens (including phenoxy) is 1. The number of benzene rings is 1. The number of aldehydes is 1. The van der Waals surface area contributed by atoms with E-state index in [2.05, 4.69) is 15.9 Å². The van der Waals surface area contributed by atoms with Gasteiger partial charge in [-0.3, -0.25) is 0 Å². The maximum absolute atomic E-state index is 14.5. The fourth-order valence-electron chi connectivity index (χ4n) is 3.06. The molecule has 0 bridgehead atoms. The summed E-state index contributed by atoms with van der Waals surface area (Å²) in [6.45, 7) is 1.97. The predicted octanol–water partition coefficient (Wildman–Crippen LogP) is 4.00. The maximum Gasteiger partial charge on any atom is 0.183 e. The molecule has 1 aromatic carbocycles. The first-order valence-electron chi connectivity index (χ1n) is 7.60. The van der Waals surface area contributed by atoms with Crippen LogP contribution in [0, 0.1) is 11.6 Å². The third-order valence-corrected chi connectivity index (χ3v) is 5.30. The second-order valence-electron chi connectivity index (χ2n) is 5.98. The highest BCUT2D eigenvalue weighted by atomic mass is 79.9. The SMILES string of the molecule is C[C@H]1CCc2c(OC3CCC3)c(Br)c(F)c(F)c2N1CC=O. The Morgan fingerprint density at radius 3 is 2.64 bits per heavy atom. The molecular weight excluding hydrogens is 356 g/mol. The number of anilines is 1. The zero-order valence-electron chi connectivity index (χ0n) is 12.4. The standard InChI is InChI=1S/C16H18BrF2NO2/c1-9-5-6-11-15(20(9)7-8-21)14(19)13(18)12(17)16(11)22-10-3-2-4-10/h8-10H,2-7H2,1H3/t9-/m0/s1. The van der Waals surface area contributed by atoms with Crippen molar-refractivity contribution >= 4 is 27.9 Å². The van der Waals surface area contributed by atoms with Crippen LogP contribution in [-0.2, 0) is 11.2 Å². The van der Waals surface area contributed by atoms with Crippen LogP contribution in [-0.4, -0.2) is 25.0 Å². The predicted molar refractivity (Wildman–Crippen MR) is 83.5 cm³/mol. The molecule has 0 aromatic heterocycles. The largest absolute Gasteiger partial charge is 0.489 e. The minimum atomic E-state index is -0.946. The second kappa shape index (κ2) is 6.14. The van der Waals surface area contributed by atoms with Gasteiger partial charge in [0.15, 0.2) is 11.6 Å². The Hall–Kier alpha value is -1.17. The van der Waals surface area contributed by atoms with Crippen LogP contribution < -0.4 is 9.64 Å². The summed E-state index contributed by atoms with van der Waals surface area (Å²) in [5, 5.41) is 0. The van der Waals surface area contributed by atoms with E-state index < -0.39 is 11.6 Å². The van der Waals surface area contributed by atoms with E-state index >= 15 is 0 Å². The summed E-state index contributed by atoms with van der Waals surface area (Å²) in [6.07, 6.45) is 5.16. The van der Waals surface area contributed by atoms with Crippen molar-refractivity contribution in [3.05, 3.63) is 21.7 Å². The highest BCUT2D eigenvalue weighted by Gasteiger charge is 2.34. The number of hydrogen-bond donors (Lipinski definition) is 0. The maximum atomic E-state index is 14.5. The van der Waals surface area contributed by atoms with Crippen LogP contribution in [0.1, 0.15) is 38.2 Å². The zero-order valence-corrected chi connectivity index (χ0v) is 14.0. The van der Waals surface area contributed by atoms with Crippen molar-refractivity contribution in [2.45, 2.75) is 51.2 Å². The summed E-state index contributed by atoms with van der Waals surface area (Å²) in [5.41, 5.74) is 0.846. The Morgan fingerprint density at radius 1 is 1.32 bits per heavy atom. The van der Waals surface area contributed by atoms with Crippen LogP contribution in [0.2, 0.25) is 0 Å². The van der Waals surface area contributed by atoms with E-state index in [0.717, 1.165) is 32.0 Å². The van der Waals surface area contributed by atoms with Gasteiger partial charge in [0.05, 0.1) is 22.8 Å². The van der Waals surface area contributed by atoms with Crippen LogP contribution in [0.3, 0.4) is 0 Å². The van der Waals surface area contributed by atoms with Crippen LogP contribution >= 0.6 is 15.9 Å². The molecule has 0 N–H and O–H groups in total. The molecule has 1 saturated carbocycles. The van der Waals surface area contributed by atoms with Crippen molar-refractivity contribution in [2.24, 2.45) is 0 Å². The van der Waals surface area contributed by atoms with Gasteiger partial charge in [-0.05, 0) is 55.0 Å². The van der Waals surface area contributed by atoms with Gasteiger partial charge in [-0.25, -0.2) is 8.78 Å². The Balaban J connectivity index is 2.11. The summed E-state index contributed by atoms with van der Waals surface area (Å²) in [5.74, 6) is -1.45. The third kappa shape index (κ3) is 2.51. The molecule has 2 aliphatic rings. The molecule has 1 aliphatic carbocycles. The lowest BCUT2D eigenvalue weighted by molar-refractivity contribution is -0.106. The quantitative estimate of drug-likeness (QED) is 0.590. The first-order chi connectivity index (χ1) is 10.5. The summed E-state index contributed by atoms with van der Waals surface area (Å²) in [7, 11) is 0. The summed E-state index contributed by atoms with van der Waals surface area (Å²) >= 11 is 3.14. The molecule has 0 amide bonds. The summed E-state index contributed by atoms with van der Waals surface area (Å²) < 4.78 is 34.7.